The van der Waals surface area contributed by atoms with Gasteiger partial charge in [-0.1, -0.05) is 6.58 Å². The highest BCUT2D eigenvalue weighted by Gasteiger charge is 2.38. The summed E-state index contributed by atoms with van der Waals surface area (Å²) in [5.41, 5.74) is 4.74. The number of allylic oxidation sites excluding steroid dienone is 2. The van der Waals surface area contributed by atoms with E-state index in [9.17, 15) is 4.79 Å². The highest BCUT2D eigenvalue weighted by atomic mass is 32.2. The van der Waals surface area contributed by atoms with Crippen LogP contribution in [0.3, 0.4) is 0 Å². The minimum Gasteiger partial charge on any atom is -0.496 e. The number of benzene rings is 1. The Bertz CT molecular complexity index is 1350. The van der Waals surface area contributed by atoms with Crippen LogP contribution in [-0.4, -0.2) is 57.6 Å². The van der Waals surface area contributed by atoms with Crippen molar-refractivity contribution >= 4 is 23.4 Å². The van der Waals surface area contributed by atoms with Crippen LogP contribution in [0, 0.1) is 0 Å². The molecule has 1 aromatic carbocycles. The summed E-state index contributed by atoms with van der Waals surface area (Å²) in [7, 11) is 3.51. The van der Waals surface area contributed by atoms with Crippen LogP contribution in [0.25, 0.3) is 28.2 Å². The maximum Gasteiger partial charge on any atom is 0.272 e. The van der Waals surface area contributed by atoms with E-state index in [2.05, 4.69) is 17.0 Å². The molecular formula is C25H27N5O4S. The highest BCUT2D eigenvalue weighted by molar-refractivity contribution is 8.01. The van der Waals surface area contributed by atoms with Crippen LogP contribution in [0.1, 0.15) is 23.0 Å². The number of rotatable bonds is 7. The Morgan fingerprint density at radius 1 is 1.34 bits per heavy atom. The average molecular weight is 494 g/mol. The molecular weight excluding hydrogens is 466 g/mol. The van der Waals surface area contributed by atoms with Crippen molar-refractivity contribution in [1.82, 2.24) is 24.9 Å². The topological polar surface area (TPSA) is 92.4 Å². The lowest BCUT2D eigenvalue weighted by molar-refractivity contribution is -0.0594. The number of fused-ring (bicyclic) bond motifs is 3. The van der Waals surface area contributed by atoms with Crippen molar-refractivity contribution in [3.05, 3.63) is 53.7 Å². The minimum absolute atomic E-state index is 0.205. The first-order valence-electron chi connectivity index (χ1n) is 11.1. The maximum absolute atomic E-state index is 13.3. The largest absolute Gasteiger partial charge is 0.496 e. The zero-order chi connectivity index (χ0) is 24.7. The summed E-state index contributed by atoms with van der Waals surface area (Å²) in [5, 5.41) is 14.1. The molecule has 0 bridgehead atoms. The second kappa shape index (κ2) is 8.94. The Labute approximate surface area is 207 Å². The van der Waals surface area contributed by atoms with Crippen molar-refractivity contribution in [2.24, 2.45) is 7.05 Å². The van der Waals surface area contributed by atoms with Gasteiger partial charge in [-0.15, -0.1) is 11.8 Å². The van der Waals surface area contributed by atoms with Crippen LogP contribution >= 0.6 is 11.8 Å². The van der Waals surface area contributed by atoms with E-state index < -0.39 is 5.54 Å². The number of hydrogen-bond donors (Lipinski definition) is 1. The maximum atomic E-state index is 13.3. The lowest BCUT2D eigenvalue weighted by Crippen LogP contribution is -2.60. The molecule has 1 amide bonds. The van der Waals surface area contributed by atoms with E-state index >= 15 is 0 Å². The Kier molecular flexibility index (Phi) is 5.94. The molecule has 1 fully saturated rings. The Hall–Kier alpha value is -3.50. The Morgan fingerprint density at radius 3 is 2.74 bits per heavy atom. The number of methoxy groups -OCH3 is 1. The number of amides is 1. The van der Waals surface area contributed by atoms with E-state index in [1.54, 1.807) is 28.7 Å². The molecule has 2 aliphatic rings. The number of carbonyl (C=O) groups excluding carboxylic acids is 1. The molecule has 0 unspecified atom stereocenters. The van der Waals surface area contributed by atoms with E-state index in [4.69, 9.17) is 19.3 Å². The SMILES string of the molecule is C=C/C(=C\SC)n1nc(C(=O)NC2(C)COC2)c2c1-c1cc(-c3ccnn3C)c(OC)cc1OC2. The highest BCUT2D eigenvalue weighted by Crippen LogP contribution is 2.46. The molecule has 0 aliphatic carbocycles. The lowest BCUT2D eigenvalue weighted by atomic mass is 9.97. The predicted molar refractivity (Wildman–Crippen MR) is 135 cm³/mol. The molecule has 1 saturated heterocycles. The van der Waals surface area contributed by atoms with E-state index in [0.29, 0.717) is 36.0 Å². The third-order valence-electron chi connectivity index (χ3n) is 6.17. The summed E-state index contributed by atoms with van der Waals surface area (Å²) in [6, 6.07) is 5.80. The average Bonchev–Trinajstić information content (AvgIpc) is 3.44. The molecule has 9 nitrogen and oxygen atoms in total. The van der Waals surface area contributed by atoms with Gasteiger partial charge in [0, 0.05) is 36.0 Å². The van der Waals surface area contributed by atoms with Crippen molar-refractivity contribution in [2.45, 2.75) is 19.1 Å². The summed E-state index contributed by atoms with van der Waals surface area (Å²) < 4.78 is 20.7. The van der Waals surface area contributed by atoms with Crippen LogP contribution in [0.2, 0.25) is 0 Å². The number of nitrogens with zero attached hydrogens (tertiary/aromatic N) is 4. The monoisotopic (exact) mass is 493 g/mol. The summed E-state index contributed by atoms with van der Waals surface area (Å²) in [6.45, 7) is 7.08. The van der Waals surface area contributed by atoms with Crippen molar-refractivity contribution in [1.29, 1.82) is 0 Å². The molecule has 0 atom stereocenters. The minimum atomic E-state index is -0.405. The zero-order valence-electron chi connectivity index (χ0n) is 20.1. The van der Waals surface area contributed by atoms with Crippen molar-refractivity contribution in [2.75, 3.05) is 26.6 Å². The molecule has 2 aliphatic heterocycles. The number of aryl methyl sites for hydroxylation is 1. The van der Waals surface area contributed by atoms with Crippen LogP contribution < -0.4 is 14.8 Å². The van der Waals surface area contributed by atoms with Gasteiger partial charge in [0.25, 0.3) is 5.91 Å². The first-order chi connectivity index (χ1) is 16.9. The van der Waals surface area contributed by atoms with Gasteiger partial charge in [-0.3, -0.25) is 9.48 Å². The van der Waals surface area contributed by atoms with Gasteiger partial charge in [0.2, 0.25) is 0 Å². The molecule has 0 radical (unpaired) electrons. The Morgan fingerprint density at radius 2 is 2.14 bits per heavy atom. The zero-order valence-corrected chi connectivity index (χ0v) is 20.9. The van der Waals surface area contributed by atoms with Gasteiger partial charge < -0.3 is 19.5 Å². The van der Waals surface area contributed by atoms with E-state index in [1.165, 1.54) is 11.8 Å². The Balaban J connectivity index is 1.72. The fourth-order valence-electron chi connectivity index (χ4n) is 4.37. The number of thioether (sulfide) groups is 1. The number of aromatic nitrogens is 4. The quantitative estimate of drug-likeness (QED) is 0.502. The molecule has 1 N–H and O–H groups in total. The lowest BCUT2D eigenvalue weighted by Gasteiger charge is -2.38. The number of carbonyl (C=O) groups is 1. The van der Waals surface area contributed by atoms with Crippen LogP contribution in [0.4, 0.5) is 0 Å². The number of nitrogens with one attached hydrogen (secondary N) is 1. The van der Waals surface area contributed by atoms with E-state index in [-0.39, 0.29) is 12.5 Å². The van der Waals surface area contributed by atoms with Gasteiger partial charge in [0.15, 0.2) is 5.69 Å². The fraction of sp³-hybridized carbons (Fsp3) is 0.320. The van der Waals surface area contributed by atoms with Crippen molar-refractivity contribution < 1.29 is 19.0 Å². The first kappa shape index (κ1) is 23.3. The van der Waals surface area contributed by atoms with Crippen LogP contribution in [0.5, 0.6) is 11.5 Å². The van der Waals surface area contributed by atoms with Gasteiger partial charge in [-0.2, -0.15) is 10.2 Å². The number of ether oxygens (including phenoxy) is 3. The van der Waals surface area contributed by atoms with Gasteiger partial charge in [-0.25, -0.2) is 4.68 Å². The van der Waals surface area contributed by atoms with Gasteiger partial charge in [-0.05, 0) is 36.8 Å². The summed E-state index contributed by atoms with van der Waals surface area (Å²) in [5.74, 6) is 1.06. The van der Waals surface area contributed by atoms with E-state index in [1.807, 2.05) is 43.8 Å². The molecule has 0 spiro atoms. The second-order valence-corrected chi connectivity index (χ2v) is 9.46. The summed E-state index contributed by atoms with van der Waals surface area (Å²) in [4.78, 5) is 13.3. The summed E-state index contributed by atoms with van der Waals surface area (Å²) in [6.07, 6.45) is 5.44. The molecule has 5 rings (SSSR count). The third kappa shape index (κ3) is 3.92. The normalized spacial score (nSPS) is 15.9. The first-order valence-corrected chi connectivity index (χ1v) is 12.4. The molecule has 4 heterocycles. The van der Waals surface area contributed by atoms with Gasteiger partial charge in [0.05, 0.1) is 42.9 Å². The van der Waals surface area contributed by atoms with Gasteiger partial charge in [0.1, 0.15) is 18.1 Å². The molecule has 3 aromatic rings. The molecule has 10 heteroatoms. The fourth-order valence-corrected chi connectivity index (χ4v) is 4.81. The predicted octanol–water partition coefficient (Wildman–Crippen LogP) is 3.72. The van der Waals surface area contributed by atoms with Gasteiger partial charge >= 0.3 is 0 Å². The summed E-state index contributed by atoms with van der Waals surface area (Å²) >= 11 is 1.54. The van der Waals surface area contributed by atoms with Crippen molar-refractivity contribution in [3.8, 4) is 34.0 Å². The number of hydrogen-bond acceptors (Lipinski definition) is 7. The second-order valence-electron chi connectivity index (χ2n) is 8.76. The molecule has 35 heavy (non-hydrogen) atoms. The van der Waals surface area contributed by atoms with Crippen molar-refractivity contribution in [3.63, 3.8) is 0 Å². The third-order valence-corrected chi connectivity index (χ3v) is 6.65. The van der Waals surface area contributed by atoms with E-state index in [0.717, 1.165) is 28.2 Å². The standard InChI is InChI=1S/C25H27N5O4S/c1-6-15(12-35-5)30-23-17-9-16(19-7-8-26-29(19)3)20(32-4)10-21(17)34-11-18(23)22(28-30)24(31)27-25(2)13-33-14-25/h6-10,12H,1,11,13-14H2,2-5H3,(H,27,31)/b15-12+. The van der Waals surface area contributed by atoms with Crippen LogP contribution in [0.15, 0.2) is 42.5 Å². The molecule has 2 aromatic heterocycles. The molecule has 182 valence electrons. The molecule has 0 saturated carbocycles. The smallest absolute Gasteiger partial charge is 0.272 e. The van der Waals surface area contributed by atoms with Crippen LogP contribution in [-0.2, 0) is 18.4 Å².